The van der Waals surface area contributed by atoms with E-state index in [0.717, 1.165) is 5.75 Å². The number of hydrogen-bond donors (Lipinski definition) is 1. The molecule has 0 radical (unpaired) electrons. The largest absolute Gasteiger partial charge is 0.497 e. The van der Waals surface area contributed by atoms with E-state index in [1.54, 1.807) is 7.11 Å². The molecular weight excluding hydrogens is 164 g/mol. The van der Waals surface area contributed by atoms with Crippen LogP contribution in [0.3, 0.4) is 0 Å². The fraction of sp³-hybridized carbons (Fsp3) is 0.300. The molecule has 68 valence electrons. The molecule has 0 saturated heterocycles. The van der Waals surface area contributed by atoms with Gasteiger partial charge >= 0.3 is 0 Å². The van der Waals surface area contributed by atoms with Crippen LogP contribution in [0.15, 0.2) is 29.3 Å². The van der Waals surface area contributed by atoms with Crippen LogP contribution in [0, 0.1) is 0 Å². The van der Waals surface area contributed by atoms with Crippen molar-refractivity contribution < 1.29 is 4.74 Å². The van der Waals surface area contributed by atoms with E-state index in [9.17, 15) is 0 Å². The molecule has 3 heteroatoms. The maximum atomic E-state index is 5.14. The second-order valence-electron chi connectivity index (χ2n) is 2.95. The number of ether oxygens (including phenoxy) is 1. The molecule has 0 aromatic heterocycles. The molecule has 0 spiro atoms. The van der Waals surface area contributed by atoms with Gasteiger partial charge in [-0.05, 0) is 17.7 Å². The molecule has 1 N–H and O–H groups in total. The Morgan fingerprint density at radius 3 is 3.15 bits per heavy atom. The molecule has 0 amide bonds. The van der Waals surface area contributed by atoms with Gasteiger partial charge in [-0.15, -0.1) is 0 Å². The summed E-state index contributed by atoms with van der Waals surface area (Å²) in [7, 11) is 1.68. The van der Waals surface area contributed by atoms with E-state index in [0.29, 0.717) is 6.67 Å². The summed E-state index contributed by atoms with van der Waals surface area (Å²) in [5, 5.41) is 3.25. The molecule has 1 unspecified atom stereocenters. The van der Waals surface area contributed by atoms with Gasteiger partial charge in [0.15, 0.2) is 0 Å². The SMILES string of the molecule is COc1cccc(C2C=NCN2)c1. The summed E-state index contributed by atoms with van der Waals surface area (Å²) >= 11 is 0. The standard InChI is InChI=1S/C10H12N2O/c1-13-9-4-2-3-8(5-9)10-6-11-7-12-10/h2-6,10,12H,7H2,1H3. The Kier molecular flexibility index (Phi) is 2.27. The van der Waals surface area contributed by atoms with E-state index in [1.165, 1.54) is 5.56 Å². The number of benzene rings is 1. The first-order chi connectivity index (χ1) is 6.40. The van der Waals surface area contributed by atoms with Gasteiger partial charge in [0.05, 0.1) is 19.8 Å². The van der Waals surface area contributed by atoms with Crippen LogP contribution in [-0.4, -0.2) is 20.0 Å². The van der Waals surface area contributed by atoms with Crippen molar-refractivity contribution in [3.8, 4) is 5.75 Å². The zero-order chi connectivity index (χ0) is 9.10. The fourth-order valence-corrected chi connectivity index (χ4v) is 1.40. The van der Waals surface area contributed by atoms with Crippen LogP contribution in [0.4, 0.5) is 0 Å². The Hall–Kier alpha value is -1.35. The molecule has 1 heterocycles. The summed E-state index contributed by atoms with van der Waals surface area (Å²) in [4.78, 5) is 4.12. The summed E-state index contributed by atoms with van der Waals surface area (Å²) in [6.07, 6.45) is 1.93. The van der Waals surface area contributed by atoms with E-state index in [2.05, 4.69) is 16.4 Å². The molecule has 13 heavy (non-hydrogen) atoms. The van der Waals surface area contributed by atoms with Crippen molar-refractivity contribution in [3.05, 3.63) is 29.8 Å². The summed E-state index contributed by atoms with van der Waals surface area (Å²) in [6.45, 7) is 0.710. The molecule has 1 atom stereocenters. The number of methoxy groups -OCH3 is 1. The molecule has 0 aliphatic carbocycles. The Balaban J connectivity index is 2.24. The first-order valence-electron chi connectivity index (χ1n) is 4.27. The van der Waals surface area contributed by atoms with Crippen LogP contribution in [0.1, 0.15) is 11.6 Å². The van der Waals surface area contributed by atoms with Crippen molar-refractivity contribution in [1.82, 2.24) is 5.32 Å². The van der Waals surface area contributed by atoms with E-state index in [1.807, 2.05) is 24.4 Å². The van der Waals surface area contributed by atoms with Gasteiger partial charge in [-0.3, -0.25) is 10.3 Å². The number of aliphatic imine (C=N–C) groups is 1. The molecule has 2 rings (SSSR count). The third-order valence-electron chi connectivity index (χ3n) is 2.11. The smallest absolute Gasteiger partial charge is 0.119 e. The Morgan fingerprint density at radius 1 is 1.54 bits per heavy atom. The molecule has 1 aromatic carbocycles. The normalized spacial score (nSPS) is 20.5. The van der Waals surface area contributed by atoms with Crippen LogP contribution >= 0.6 is 0 Å². The Labute approximate surface area is 77.4 Å². The highest BCUT2D eigenvalue weighted by Gasteiger charge is 2.11. The third kappa shape index (κ3) is 1.70. The van der Waals surface area contributed by atoms with Crippen LogP contribution < -0.4 is 10.1 Å². The summed E-state index contributed by atoms with van der Waals surface area (Å²) in [5.74, 6) is 0.889. The van der Waals surface area contributed by atoms with Gasteiger partial charge in [0.25, 0.3) is 0 Å². The zero-order valence-electron chi connectivity index (χ0n) is 7.53. The van der Waals surface area contributed by atoms with E-state index < -0.39 is 0 Å². The van der Waals surface area contributed by atoms with Crippen LogP contribution in [-0.2, 0) is 0 Å². The van der Waals surface area contributed by atoms with Gasteiger partial charge in [-0.25, -0.2) is 0 Å². The lowest BCUT2D eigenvalue weighted by molar-refractivity contribution is 0.414. The lowest BCUT2D eigenvalue weighted by Crippen LogP contribution is -2.15. The van der Waals surface area contributed by atoms with Crippen molar-refractivity contribution in [2.24, 2.45) is 4.99 Å². The van der Waals surface area contributed by atoms with E-state index >= 15 is 0 Å². The second kappa shape index (κ2) is 3.58. The number of hydrogen-bond acceptors (Lipinski definition) is 3. The topological polar surface area (TPSA) is 33.6 Å². The highest BCUT2D eigenvalue weighted by atomic mass is 16.5. The van der Waals surface area contributed by atoms with Crippen molar-refractivity contribution in [2.75, 3.05) is 13.8 Å². The molecule has 1 aliphatic heterocycles. The van der Waals surface area contributed by atoms with Crippen molar-refractivity contribution in [2.45, 2.75) is 6.04 Å². The molecule has 1 aromatic rings. The van der Waals surface area contributed by atoms with Crippen molar-refractivity contribution in [1.29, 1.82) is 0 Å². The average molecular weight is 176 g/mol. The molecule has 0 fully saturated rings. The maximum absolute atomic E-state index is 5.14. The highest BCUT2D eigenvalue weighted by Crippen LogP contribution is 2.19. The predicted octanol–water partition coefficient (Wildman–Crippen LogP) is 1.37. The van der Waals surface area contributed by atoms with Gasteiger partial charge in [-0.1, -0.05) is 12.1 Å². The van der Waals surface area contributed by atoms with E-state index in [-0.39, 0.29) is 6.04 Å². The van der Waals surface area contributed by atoms with Gasteiger partial charge < -0.3 is 4.74 Å². The number of nitrogens with zero attached hydrogens (tertiary/aromatic N) is 1. The number of nitrogens with one attached hydrogen (secondary N) is 1. The second-order valence-corrected chi connectivity index (χ2v) is 2.95. The highest BCUT2D eigenvalue weighted by molar-refractivity contribution is 5.69. The lowest BCUT2D eigenvalue weighted by atomic mass is 10.1. The monoisotopic (exact) mass is 176 g/mol. The summed E-state index contributed by atoms with van der Waals surface area (Å²) in [6, 6.07) is 8.26. The van der Waals surface area contributed by atoms with Crippen LogP contribution in [0.5, 0.6) is 5.75 Å². The maximum Gasteiger partial charge on any atom is 0.119 e. The Bertz CT molecular complexity index is 322. The Morgan fingerprint density at radius 2 is 2.46 bits per heavy atom. The first-order valence-corrected chi connectivity index (χ1v) is 4.27. The van der Waals surface area contributed by atoms with Gasteiger partial charge in [0.1, 0.15) is 5.75 Å². The summed E-state index contributed by atoms with van der Waals surface area (Å²) in [5.41, 5.74) is 1.20. The van der Waals surface area contributed by atoms with Crippen molar-refractivity contribution in [3.63, 3.8) is 0 Å². The minimum Gasteiger partial charge on any atom is -0.497 e. The minimum atomic E-state index is 0.245. The zero-order valence-corrected chi connectivity index (χ0v) is 7.53. The predicted molar refractivity (Wildman–Crippen MR) is 52.2 cm³/mol. The van der Waals surface area contributed by atoms with Crippen molar-refractivity contribution >= 4 is 6.21 Å². The first kappa shape index (κ1) is 8.26. The molecule has 1 aliphatic rings. The number of rotatable bonds is 2. The molecule has 3 nitrogen and oxygen atoms in total. The van der Waals surface area contributed by atoms with Crippen LogP contribution in [0.2, 0.25) is 0 Å². The minimum absolute atomic E-state index is 0.245. The lowest BCUT2D eigenvalue weighted by Gasteiger charge is -2.09. The van der Waals surface area contributed by atoms with Gasteiger partial charge in [0, 0.05) is 6.21 Å². The fourth-order valence-electron chi connectivity index (χ4n) is 1.40. The third-order valence-corrected chi connectivity index (χ3v) is 2.11. The van der Waals surface area contributed by atoms with E-state index in [4.69, 9.17) is 4.74 Å². The summed E-state index contributed by atoms with van der Waals surface area (Å²) < 4.78 is 5.14. The molecule has 0 saturated carbocycles. The van der Waals surface area contributed by atoms with Gasteiger partial charge in [-0.2, -0.15) is 0 Å². The van der Waals surface area contributed by atoms with Gasteiger partial charge in [0.2, 0.25) is 0 Å². The van der Waals surface area contributed by atoms with Crippen LogP contribution in [0.25, 0.3) is 0 Å². The average Bonchev–Trinajstić information content (AvgIpc) is 2.71. The molecule has 0 bridgehead atoms. The quantitative estimate of drug-likeness (QED) is 0.738. The molecular formula is C10H12N2O.